The van der Waals surface area contributed by atoms with Crippen LogP contribution < -0.4 is 15.4 Å². The topological polar surface area (TPSA) is 89.3 Å². The molecule has 0 bridgehead atoms. The highest BCUT2D eigenvalue weighted by Gasteiger charge is 2.07. The number of nitrogens with zero attached hydrogens (tertiary/aromatic N) is 2. The van der Waals surface area contributed by atoms with Crippen LogP contribution in [-0.4, -0.2) is 35.9 Å². The van der Waals surface area contributed by atoms with Crippen LogP contribution in [0.15, 0.2) is 30.4 Å². The molecule has 8 heteroatoms. The van der Waals surface area contributed by atoms with Crippen molar-refractivity contribution in [2.45, 2.75) is 12.7 Å². The van der Waals surface area contributed by atoms with E-state index in [1.165, 1.54) is 6.20 Å². The number of hydrogen-bond donors (Lipinski definition) is 2. The van der Waals surface area contributed by atoms with Crippen molar-refractivity contribution in [1.82, 2.24) is 15.6 Å². The van der Waals surface area contributed by atoms with Gasteiger partial charge in [0.25, 0.3) is 0 Å². The van der Waals surface area contributed by atoms with Crippen molar-refractivity contribution in [2.24, 2.45) is 0 Å². The van der Waals surface area contributed by atoms with Crippen molar-refractivity contribution in [3.8, 4) is 5.75 Å². The Bertz CT molecular complexity index is 482. The molecule has 0 atom stereocenters. The van der Waals surface area contributed by atoms with E-state index in [0.29, 0.717) is 18.9 Å². The molecule has 0 radical (unpaired) electrons. The lowest BCUT2D eigenvalue weighted by Crippen LogP contribution is -2.23. The zero-order valence-electron chi connectivity index (χ0n) is 12.2. The van der Waals surface area contributed by atoms with Crippen LogP contribution in [-0.2, 0) is 5.75 Å². The molecular formula is C13H20N4O3S. The van der Waals surface area contributed by atoms with Crippen molar-refractivity contribution < 1.29 is 9.66 Å². The molecule has 1 aromatic heterocycles. The number of rotatable bonds is 10. The van der Waals surface area contributed by atoms with Gasteiger partial charge in [0.15, 0.2) is 0 Å². The fourth-order valence-electron chi connectivity index (χ4n) is 1.54. The minimum atomic E-state index is -0.451. The number of thioether (sulfide) groups is 1. The summed E-state index contributed by atoms with van der Waals surface area (Å²) in [6, 6.07) is 3.73. The van der Waals surface area contributed by atoms with Crippen LogP contribution in [0, 0.1) is 10.1 Å². The predicted molar refractivity (Wildman–Crippen MR) is 83.7 cm³/mol. The molecule has 1 aromatic rings. The molecule has 0 amide bonds. The minimum absolute atomic E-state index is 0.0362. The zero-order valence-corrected chi connectivity index (χ0v) is 13.0. The van der Waals surface area contributed by atoms with Crippen molar-refractivity contribution in [3.63, 3.8) is 0 Å². The third-order valence-electron chi connectivity index (χ3n) is 2.42. The van der Waals surface area contributed by atoms with Gasteiger partial charge in [0.05, 0.1) is 25.0 Å². The van der Waals surface area contributed by atoms with E-state index in [-0.39, 0.29) is 5.82 Å². The fraction of sp³-hybridized carbons (Fsp3) is 0.462. The highest BCUT2D eigenvalue weighted by atomic mass is 32.2. The Kier molecular flexibility index (Phi) is 8.03. The first-order chi connectivity index (χ1) is 10.2. The van der Waals surface area contributed by atoms with E-state index in [1.807, 2.05) is 19.1 Å². The van der Waals surface area contributed by atoms with Crippen LogP contribution in [0.25, 0.3) is 0 Å². The van der Waals surface area contributed by atoms with Crippen LogP contribution in [0.5, 0.6) is 5.75 Å². The lowest BCUT2D eigenvalue weighted by Gasteiger charge is -2.08. The molecule has 0 saturated carbocycles. The van der Waals surface area contributed by atoms with Gasteiger partial charge in [-0.3, -0.25) is 10.3 Å². The summed E-state index contributed by atoms with van der Waals surface area (Å²) in [5, 5.41) is 16.1. The first-order valence-electron chi connectivity index (χ1n) is 6.59. The number of hydrogen-bond acceptors (Lipinski definition) is 7. The van der Waals surface area contributed by atoms with E-state index in [1.54, 1.807) is 25.0 Å². The normalized spacial score (nSPS) is 11.0. The Morgan fingerprint density at radius 3 is 3.10 bits per heavy atom. The van der Waals surface area contributed by atoms with Crippen LogP contribution >= 0.6 is 11.8 Å². The highest BCUT2D eigenvalue weighted by Crippen LogP contribution is 2.20. The maximum Gasteiger partial charge on any atom is 0.331 e. The minimum Gasteiger partial charge on any atom is -0.492 e. The predicted octanol–water partition coefficient (Wildman–Crippen LogP) is 1.60. The third-order valence-corrected chi connectivity index (χ3v) is 3.39. The molecule has 7 nitrogen and oxygen atoms in total. The van der Waals surface area contributed by atoms with Crippen LogP contribution in [0.4, 0.5) is 0 Å². The van der Waals surface area contributed by atoms with Crippen LogP contribution in [0.1, 0.15) is 12.6 Å². The number of nitrogens with one attached hydrogen (secondary N) is 2. The van der Waals surface area contributed by atoms with Gasteiger partial charge >= 0.3 is 5.82 Å². The molecule has 0 fully saturated rings. The second-order valence-corrected chi connectivity index (χ2v) is 5.04. The number of aromatic nitrogens is 1. The van der Waals surface area contributed by atoms with Gasteiger partial charge in [0.1, 0.15) is 5.75 Å². The largest absolute Gasteiger partial charge is 0.492 e. The van der Waals surface area contributed by atoms with Gasteiger partial charge in [0.2, 0.25) is 0 Å². The quantitative estimate of drug-likeness (QED) is 0.385. The molecule has 0 saturated heterocycles. The van der Waals surface area contributed by atoms with Crippen molar-refractivity contribution in [2.75, 3.05) is 26.0 Å². The summed E-state index contributed by atoms with van der Waals surface area (Å²) in [6.07, 6.45) is 3.06. The van der Waals surface area contributed by atoms with Gasteiger partial charge in [-0.25, -0.2) is 0 Å². The average Bonchev–Trinajstić information content (AvgIpc) is 2.47. The van der Waals surface area contributed by atoms with E-state index < -0.39 is 4.92 Å². The second-order valence-electron chi connectivity index (χ2n) is 3.94. The highest BCUT2D eigenvalue weighted by molar-refractivity contribution is 7.98. The number of pyridine rings is 1. The molecule has 0 spiro atoms. The molecule has 0 aliphatic carbocycles. The summed E-state index contributed by atoms with van der Waals surface area (Å²) in [6.45, 7) is 3.04. The molecule has 0 unspecified atom stereocenters. The SMILES string of the molecule is CCOc1cccnc1CSCCNC(=CNC)[N+](=O)[O-]. The van der Waals surface area contributed by atoms with Crippen LogP contribution in [0.3, 0.4) is 0 Å². The molecule has 21 heavy (non-hydrogen) atoms. The Balaban J connectivity index is 2.34. The van der Waals surface area contributed by atoms with Crippen molar-refractivity contribution in [1.29, 1.82) is 0 Å². The first kappa shape index (κ1) is 17.1. The van der Waals surface area contributed by atoms with E-state index in [0.717, 1.165) is 17.2 Å². The van der Waals surface area contributed by atoms with Gasteiger partial charge in [-0.1, -0.05) is 0 Å². The third kappa shape index (κ3) is 6.35. The summed E-state index contributed by atoms with van der Waals surface area (Å²) >= 11 is 1.64. The standard InChI is InChI=1S/C13H20N4O3S/c1-3-20-12-5-4-6-15-11(12)10-21-8-7-16-13(9-14-2)17(18)19/h4-6,9,14,16H,3,7-8,10H2,1-2H3. The lowest BCUT2D eigenvalue weighted by molar-refractivity contribution is -0.432. The van der Waals surface area contributed by atoms with E-state index in [9.17, 15) is 10.1 Å². The molecule has 0 aromatic carbocycles. The summed E-state index contributed by atoms with van der Waals surface area (Å²) in [5.41, 5.74) is 0.893. The van der Waals surface area contributed by atoms with E-state index in [4.69, 9.17) is 4.74 Å². The molecule has 2 N–H and O–H groups in total. The van der Waals surface area contributed by atoms with Gasteiger partial charge < -0.3 is 20.2 Å². The van der Waals surface area contributed by atoms with Gasteiger partial charge in [-0.2, -0.15) is 11.8 Å². The number of nitro groups is 1. The molecule has 0 aliphatic heterocycles. The van der Waals surface area contributed by atoms with Crippen molar-refractivity contribution >= 4 is 11.8 Å². The smallest absolute Gasteiger partial charge is 0.331 e. The fourth-order valence-corrected chi connectivity index (χ4v) is 2.34. The van der Waals surface area contributed by atoms with Crippen molar-refractivity contribution in [3.05, 3.63) is 46.2 Å². The zero-order chi connectivity index (χ0) is 15.5. The summed E-state index contributed by atoms with van der Waals surface area (Å²) in [7, 11) is 1.62. The van der Waals surface area contributed by atoms with E-state index >= 15 is 0 Å². The molecule has 0 aliphatic rings. The van der Waals surface area contributed by atoms with Crippen LogP contribution in [0.2, 0.25) is 0 Å². The molecular weight excluding hydrogens is 292 g/mol. The Morgan fingerprint density at radius 1 is 1.62 bits per heavy atom. The lowest BCUT2D eigenvalue weighted by atomic mass is 10.3. The van der Waals surface area contributed by atoms with Gasteiger partial charge in [-0.15, -0.1) is 0 Å². The number of ether oxygens (including phenoxy) is 1. The molecule has 1 heterocycles. The Labute approximate surface area is 128 Å². The second kappa shape index (κ2) is 9.87. The average molecular weight is 312 g/mol. The Hall–Kier alpha value is -1.96. The maximum absolute atomic E-state index is 10.7. The van der Waals surface area contributed by atoms with Gasteiger partial charge in [-0.05, 0) is 24.0 Å². The maximum atomic E-state index is 10.7. The summed E-state index contributed by atoms with van der Waals surface area (Å²) < 4.78 is 5.50. The molecule has 1 rings (SSSR count). The molecule has 116 valence electrons. The Morgan fingerprint density at radius 2 is 2.43 bits per heavy atom. The summed E-state index contributed by atoms with van der Waals surface area (Å²) in [4.78, 5) is 14.5. The van der Waals surface area contributed by atoms with E-state index in [2.05, 4.69) is 15.6 Å². The van der Waals surface area contributed by atoms with Gasteiger partial charge in [0, 0.05) is 24.8 Å². The monoisotopic (exact) mass is 312 g/mol. The first-order valence-corrected chi connectivity index (χ1v) is 7.74. The summed E-state index contributed by atoms with van der Waals surface area (Å²) in [5.74, 6) is 2.20.